The number of anilines is 1. The second-order valence-corrected chi connectivity index (χ2v) is 5.61. The first kappa shape index (κ1) is 15.3. The van der Waals surface area contributed by atoms with Crippen LogP contribution in [0.1, 0.15) is 43.5 Å². The third kappa shape index (κ3) is 2.70. The molecule has 1 aliphatic heterocycles. The highest BCUT2D eigenvalue weighted by molar-refractivity contribution is 5.95. The summed E-state index contributed by atoms with van der Waals surface area (Å²) in [5.41, 5.74) is 0.0484. The second-order valence-electron chi connectivity index (χ2n) is 5.61. The quantitative estimate of drug-likeness (QED) is 0.665. The number of hydrogen-bond donors (Lipinski definition) is 1. The minimum atomic E-state index is -1.26. The number of hydrogen-bond acceptors (Lipinski definition) is 4. The third-order valence-corrected chi connectivity index (χ3v) is 4.71. The van der Waals surface area contributed by atoms with E-state index in [-0.39, 0.29) is 16.7 Å². The molecule has 1 fully saturated rings. The highest BCUT2D eigenvalue weighted by Gasteiger charge is 2.38. The van der Waals surface area contributed by atoms with Gasteiger partial charge in [0.05, 0.1) is 4.92 Å². The molecule has 6 nitrogen and oxygen atoms in total. The zero-order valence-corrected chi connectivity index (χ0v) is 12.3. The summed E-state index contributed by atoms with van der Waals surface area (Å²) in [6.07, 6.45) is 3.02. The number of rotatable bonds is 5. The normalized spacial score (nSPS) is 17.0. The minimum Gasteiger partial charge on any atom is -0.477 e. The zero-order valence-electron chi connectivity index (χ0n) is 12.3. The van der Waals surface area contributed by atoms with Gasteiger partial charge in [-0.05, 0) is 36.8 Å². The van der Waals surface area contributed by atoms with Crippen LogP contribution in [0.2, 0.25) is 0 Å². The van der Waals surface area contributed by atoms with Gasteiger partial charge in [0.25, 0.3) is 0 Å². The maximum absolute atomic E-state index is 11.3. The molecule has 6 heteroatoms. The lowest BCUT2D eigenvalue weighted by atomic mass is 9.82. The molecule has 0 bridgehead atoms. The van der Waals surface area contributed by atoms with Crippen molar-refractivity contribution in [3.63, 3.8) is 0 Å². The Kier molecular flexibility index (Phi) is 4.16. The molecule has 0 aromatic heterocycles. The summed E-state index contributed by atoms with van der Waals surface area (Å²) >= 11 is 0. The molecular formula is C15H20N2O4. The number of carbonyl (C=O) groups is 1. The maximum Gasteiger partial charge on any atom is 0.342 e. The number of benzene rings is 1. The number of nitro groups is 1. The molecule has 1 aromatic rings. The van der Waals surface area contributed by atoms with Crippen molar-refractivity contribution < 1.29 is 14.8 Å². The number of carboxylic acid groups (broad SMARTS) is 1. The van der Waals surface area contributed by atoms with E-state index in [9.17, 15) is 14.9 Å². The molecule has 0 saturated carbocycles. The van der Waals surface area contributed by atoms with Crippen LogP contribution in [-0.2, 0) is 0 Å². The Labute approximate surface area is 123 Å². The first-order valence-corrected chi connectivity index (χ1v) is 7.19. The summed E-state index contributed by atoms with van der Waals surface area (Å²) in [6.45, 7) is 5.74. The first-order valence-electron chi connectivity index (χ1n) is 7.19. The second kappa shape index (κ2) is 5.71. The van der Waals surface area contributed by atoms with Gasteiger partial charge in [-0.2, -0.15) is 0 Å². The van der Waals surface area contributed by atoms with Crippen molar-refractivity contribution in [3.05, 3.63) is 33.9 Å². The van der Waals surface area contributed by atoms with E-state index in [1.807, 2.05) is 4.90 Å². The molecule has 1 aliphatic rings. The number of nitro benzene ring substituents is 1. The summed E-state index contributed by atoms with van der Waals surface area (Å²) in [5, 5.41) is 20.5. The monoisotopic (exact) mass is 292 g/mol. The number of para-hydroxylation sites is 1. The predicted octanol–water partition coefficient (Wildman–Crippen LogP) is 3.31. The molecule has 0 aliphatic carbocycles. The van der Waals surface area contributed by atoms with E-state index in [1.165, 1.54) is 6.07 Å². The molecule has 0 unspecified atom stereocenters. The van der Waals surface area contributed by atoms with Gasteiger partial charge in [-0.25, -0.2) is 4.79 Å². The highest BCUT2D eigenvalue weighted by atomic mass is 16.6. The minimum absolute atomic E-state index is 0.174. The van der Waals surface area contributed by atoms with Crippen molar-refractivity contribution in [1.82, 2.24) is 0 Å². The van der Waals surface area contributed by atoms with Crippen LogP contribution in [0, 0.1) is 15.5 Å². The van der Waals surface area contributed by atoms with Crippen LogP contribution in [0.15, 0.2) is 18.2 Å². The molecular weight excluding hydrogens is 272 g/mol. The van der Waals surface area contributed by atoms with Crippen LogP contribution in [-0.4, -0.2) is 29.1 Å². The zero-order chi connectivity index (χ0) is 15.6. The van der Waals surface area contributed by atoms with E-state index in [2.05, 4.69) is 13.8 Å². The molecule has 1 saturated heterocycles. The molecule has 0 atom stereocenters. The van der Waals surface area contributed by atoms with Crippen LogP contribution < -0.4 is 4.90 Å². The van der Waals surface area contributed by atoms with Gasteiger partial charge in [0.1, 0.15) is 11.3 Å². The van der Waals surface area contributed by atoms with Crippen molar-refractivity contribution in [3.8, 4) is 0 Å². The van der Waals surface area contributed by atoms with Gasteiger partial charge in [0.15, 0.2) is 0 Å². The van der Waals surface area contributed by atoms with Gasteiger partial charge in [0.2, 0.25) is 0 Å². The van der Waals surface area contributed by atoms with Crippen LogP contribution in [0.3, 0.4) is 0 Å². The molecule has 2 rings (SSSR count). The van der Waals surface area contributed by atoms with E-state index < -0.39 is 10.9 Å². The standard InChI is InChI=1S/C15H20N2O4/c1-3-15(4-2)8-9-16(10-15)12-7-5-6-11(14(18)19)13(12)17(20)21/h5-7H,3-4,8-10H2,1-2H3,(H,18,19). The van der Waals surface area contributed by atoms with Crippen LogP contribution in [0.4, 0.5) is 11.4 Å². The lowest BCUT2D eigenvalue weighted by molar-refractivity contribution is -0.384. The Morgan fingerprint density at radius 3 is 2.57 bits per heavy atom. The Hall–Kier alpha value is -2.11. The van der Waals surface area contributed by atoms with Crippen LogP contribution >= 0.6 is 0 Å². The number of aromatic carboxylic acids is 1. The summed E-state index contributed by atoms with van der Waals surface area (Å²) in [7, 11) is 0. The Bertz CT molecular complexity index is 567. The average Bonchev–Trinajstić information content (AvgIpc) is 2.91. The topological polar surface area (TPSA) is 83.7 Å². The fourth-order valence-electron chi connectivity index (χ4n) is 3.12. The Morgan fingerprint density at radius 2 is 2.10 bits per heavy atom. The van der Waals surface area contributed by atoms with E-state index >= 15 is 0 Å². The highest BCUT2D eigenvalue weighted by Crippen LogP contribution is 2.42. The number of nitrogens with zero attached hydrogens (tertiary/aromatic N) is 2. The molecule has 114 valence electrons. The van der Waals surface area contributed by atoms with Crippen LogP contribution in [0.5, 0.6) is 0 Å². The molecule has 1 heterocycles. The number of carboxylic acids is 1. The smallest absolute Gasteiger partial charge is 0.342 e. The van der Waals surface area contributed by atoms with Gasteiger partial charge in [-0.3, -0.25) is 10.1 Å². The van der Waals surface area contributed by atoms with E-state index in [0.717, 1.165) is 32.4 Å². The Morgan fingerprint density at radius 1 is 1.43 bits per heavy atom. The van der Waals surface area contributed by atoms with Crippen molar-refractivity contribution >= 4 is 17.3 Å². The maximum atomic E-state index is 11.3. The molecule has 0 spiro atoms. The van der Waals surface area contributed by atoms with Crippen molar-refractivity contribution in [1.29, 1.82) is 0 Å². The third-order valence-electron chi connectivity index (χ3n) is 4.71. The van der Waals surface area contributed by atoms with Gasteiger partial charge in [-0.15, -0.1) is 0 Å². The summed E-state index contributed by atoms with van der Waals surface area (Å²) in [5.74, 6) is -1.26. The average molecular weight is 292 g/mol. The lowest BCUT2D eigenvalue weighted by Crippen LogP contribution is -2.27. The van der Waals surface area contributed by atoms with Crippen LogP contribution in [0.25, 0.3) is 0 Å². The summed E-state index contributed by atoms with van der Waals surface area (Å²) < 4.78 is 0. The van der Waals surface area contributed by atoms with Gasteiger partial charge in [0, 0.05) is 13.1 Å². The summed E-state index contributed by atoms with van der Waals surface area (Å²) in [6, 6.07) is 4.50. The van der Waals surface area contributed by atoms with Gasteiger partial charge >= 0.3 is 11.7 Å². The lowest BCUT2D eigenvalue weighted by Gasteiger charge is -2.27. The van der Waals surface area contributed by atoms with Gasteiger partial charge in [-0.1, -0.05) is 19.9 Å². The SMILES string of the molecule is CCC1(CC)CCN(c2cccc(C(=O)O)c2[N+](=O)[O-])C1. The fourth-order valence-corrected chi connectivity index (χ4v) is 3.12. The first-order chi connectivity index (χ1) is 9.94. The fraction of sp³-hybridized carbons (Fsp3) is 0.533. The van der Waals surface area contributed by atoms with Crippen molar-refractivity contribution in [2.75, 3.05) is 18.0 Å². The van der Waals surface area contributed by atoms with Crippen molar-refractivity contribution in [2.24, 2.45) is 5.41 Å². The molecule has 0 amide bonds. The molecule has 1 aromatic carbocycles. The van der Waals surface area contributed by atoms with E-state index in [1.54, 1.807) is 12.1 Å². The summed E-state index contributed by atoms with van der Waals surface area (Å²) in [4.78, 5) is 23.9. The molecule has 0 radical (unpaired) electrons. The van der Waals surface area contributed by atoms with E-state index in [0.29, 0.717) is 5.69 Å². The molecule has 1 N–H and O–H groups in total. The van der Waals surface area contributed by atoms with Gasteiger partial charge < -0.3 is 10.0 Å². The predicted molar refractivity (Wildman–Crippen MR) is 79.9 cm³/mol. The van der Waals surface area contributed by atoms with E-state index in [4.69, 9.17) is 5.11 Å². The Balaban J connectivity index is 2.44. The largest absolute Gasteiger partial charge is 0.477 e. The van der Waals surface area contributed by atoms with Crippen molar-refractivity contribution in [2.45, 2.75) is 33.1 Å². The molecule has 21 heavy (non-hydrogen) atoms.